The molecule has 1 atom stereocenters. The van der Waals surface area contributed by atoms with E-state index >= 15 is 0 Å². The zero-order valence-corrected chi connectivity index (χ0v) is 11.6. The molecule has 2 aromatic rings. The van der Waals surface area contributed by atoms with Crippen molar-refractivity contribution in [3.05, 3.63) is 42.1 Å². The first-order chi connectivity index (χ1) is 8.93. The Morgan fingerprint density at radius 1 is 1.32 bits per heavy atom. The highest BCUT2D eigenvalue weighted by molar-refractivity contribution is 7.86. The number of benzene rings is 1. The molecule has 4 nitrogen and oxygen atoms in total. The van der Waals surface area contributed by atoms with Gasteiger partial charge in [-0.15, -0.1) is 0 Å². The molecule has 0 radical (unpaired) electrons. The third-order valence-electron chi connectivity index (χ3n) is 3.09. The van der Waals surface area contributed by atoms with Gasteiger partial charge in [-0.05, 0) is 25.5 Å². The highest BCUT2D eigenvalue weighted by Gasteiger charge is 2.34. The van der Waals surface area contributed by atoms with Crippen LogP contribution in [-0.4, -0.2) is 25.0 Å². The molecule has 100 valence electrons. The zero-order chi connectivity index (χ0) is 14.0. The van der Waals surface area contributed by atoms with E-state index in [9.17, 15) is 9.00 Å². The van der Waals surface area contributed by atoms with Gasteiger partial charge in [0.1, 0.15) is 4.75 Å². The standard InChI is InChI=1S/C14H15NO3S/c1-14(2,13(16)17)19(18)9-11-6-3-5-10-7-4-8-15-12(10)11/h3-8H,9H2,1-2H3,(H,16,17). The lowest BCUT2D eigenvalue weighted by Crippen LogP contribution is -2.37. The summed E-state index contributed by atoms with van der Waals surface area (Å²) < 4.78 is 11.0. The number of carboxylic acids is 1. The SMILES string of the molecule is CC(C)(C(=O)O)S(=O)Cc1cccc2cccnc12. The summed E-state index contributed by atoms with van der Waals surface area (Å²) in [5, 5.41) is 10.1. The van der Waals surface area contributed by atoms with Gasteiger partial charge in [-0.25, -0.2) is 0 Å². The maximum Gasteiger partial charge on any atom is 0.321 e. The van der Waals surface area contributed by atoms with E-state index in [4.69, 9.17) is 5.11 Å². The van der Waals surface area contributed by atoms with Crippen molar-refractivity contribution in [2.45, 2.75) is 24.3 Å². The second kappa shape index (κ2) is 5.09. The van der Waals surface area contributed by atoms with Crippen LogP contribution in [0.5, 0.6) is 0 Å². The highest BCUT2D eigenvalue weighted by Crippen LogP contribution is 2.22. The van der Waals surface area contributed by atoms with Crippen molar-refractivity contribution in [1.29, 1.82) is 0 Å². The van der Waals surface area contributed by atoms with Crippen molar-refractivity contribution < 1.29 is 14.1 Å². The smallest absolute Gasteiger partial charge is 0.321 e. The van der Waals surface area contributed by atoms with Gasteiger partial charge in [-0.2, -0.15) is 0 Å². The predicted molar refractivity (Wildman–Crippen MR) is 75.3 cm³/mol. The lowest BCUT2D eigenvalue weighted by atomic mass is 10.1. The van der Waals surface area contributed by atoms with Gasteiger partial charge < -0.3 is 5.11 Å². The van der Waals surface area contributed by atoms with Crippen LogP contribution in [0, 0.1) is 0 Å². The predicted octanol–water partition coefficient (Wildman–Crippen LogP) is 2.35. The fraction of sp³-hybridized carbons (Fsp3) is 0.286. The van der Waals surface area contributed by atoms with E-state index in [0.29, 0.717) is 0 Å². The Hall–Kier alpha value is -1.75. The molecule has 0 aliphatic rings. The monoisotopic (exact) mass is 277 g/mol. The minimum atomic E-state index is -1.51. The molecule has 2 rings (SSSR count). The summed E-state index contributed by atoms with van der Waals surface area (Å²) in [6, 6.07) is 9.40. The summed E-state index contributed by atoms with van der Waals surface area (Å²) in [6.07, 6.45) is 1.68. The average Bonchev–Trinajstić information content (AvgIpc) is 2.39. The second-order valence-corrected chi connectivity index (χ2v) is 6.80. The minimum Gasteiger partial charge on any atom is -0.480 e. The Labute approximate surface area is 113 Å². The van der Waals surface area contributed by atoms with E-state index in [1.165, 1.54) is 13.8 Å². The maximum absolute atomic E-state index is 12.2. The molecule has 5 heteroatoms. The van der Waals surface area contributed by atoms with Crippen LogP contribution in [-0.2, 0) is 21.3 Å². The Morgan fingerprint density at radius 2 is 2.00 bits per heavy atom. The van der Waals surface area contributed by atoms with Crippen molar-refractivity contribution in [1.82, 2.24) is 4.98 Å². The van der Waals surface area contributed by atoms with Crippen molar-refractivity contribution in [2.75, 3.05) is 0 Å². The van der Waals surface area contributed by atoms with Gasteiger partial charge >= 0.3 is 5.97 Å². The van der Waals surface area contributed by atoms with Crippen molar-refractivity contribution >= 4 is 27.7 Å². The molecular formula is C14H15NO3S. The lowest BCUT2D eigenvalue weighted by Gasteiger charge is -2.18. The average molecular weight is 277 g/mol. The summed E-state index contributed by atoms with van der Waals surface area (Å²) in [6.45, 7) is 2.95. The molecular weight excluding hydrogens is 262 g/mol. The number of aromatic nitrogens is 1. The first-order valence-electron chi connectivity index (χ1n) is 5.87. The first kappa shape index (κ1) is 13.7. The Morgan fingerprint density at radius 3 is 2.68 bits per heavy atom. The highest BCUT2D eigenvalue weighted by atomic mass is 32.2. The van der Waals surface area contributed by atoms with Crippen LogP contribution in [0.4, 0.5) is 0 Å². The summed E-state index contributed by atoms with van der Waals surface area (Å²) >= 11 is 0. The van der Waals surface area contributed by atoms with Crippen LogP contribution in [0.2, 0.25) is 0 Å². The normalized spacial score (nSPS) is 13.4. The van der Waals surface area contributed by atoms with Crippen LogP contribution in [0.25, 0.3) is 10.9 Å². The van der Waals surface area contributed by atoms with Crippen LogP contribution < -0.4 is 0 Å². The summed E-state index contributed by atoms with van der Waals surface area (Å²) in [4.78, 5) is 15.4. The Kier molecular flexibility index (Phi) is 3.66. The number of pyridine rings is 1. The first-order valence-corrected chi connectivity index (χ1v) is 7.19. The third-order valence-corrected chi connectivity index (χ3v) is 4.97. The number of fused-ring (bicyclic) bond motifs is 1. The summed E-state index contributed by atoms with van der Waals surface area (Å²) in [5.74, 6) is -0.868. The molecule has 1 unspecified atom stereocenters. The number of rotatable bonds is 4. The lowest BCUT2D eigenvalue weighted by molar-refractivity contribution is -0.139. The summed E-state index contributed by atoms with van der Waals surface area (Å²) in [5.41, 5.74) is 1.59. The van der Waals surface area contributed by atoms with Crippen molar-refractivity contribution in [3.63, 3.8) is 0 Å². The van der Waals surface area contributed by atoms with E-state index < -0.39 is 21.5 Å². The van der Waals surface area contributed by atoms with E-state index in [1.807, 2.05) is 30.3 Å². The van der Waals surface area contributed by atoms with Crippen molar-refractivity contribution in [3.8, 4) is 0 Å². The topological polar surface area (TPSA) is 67.3 Å². The molecule has 0 bridgehead atoms. The molecule has 1 heterocycles. The van der Waals surface area contributed by atoms with Gasteiger partial charge in [0.15, 0.2) is 0 Å². The number of carbonyl (C=O) groups is 1. The maximum atomic E-state index is 12.2. The number of hydrogen-bond donors (Lipinski definition) is 1. The molecule has 0 spiro atoms. The molecule has 0 aliphatic carbocycles. The second-order valence-electron chi connectivity index (χ2n) is 4.80. The molecule has 0 fully saturated rings. The van der Waals surface area contributed by atoms with Gasteiger partial charge in [0.25, 0.3) is 0 Å². The molecule has 19 heavy (non-hydrogen) atoms. The zero-order valence-electron chi connectivity index (χ0n) is 10.8. The number of aliphatic carboxylic acids is 1. The van der Waals surface area contributed by atoms with E-state index in [-0.39, 0.29) is 5.75 Å². The number of hydrogen-bond acceptors (Lipinski definition) is 3. The Balaban J connectivity index is 2.37. The van der Waals surface area contributed by atoms with Gasteiger partial charge in [0.05, 0.1) is 11.3 Å². The summed E-state index contributed by atoms with van der Waals surface area (Å²) in [7, 11) is -1.51. The molecule has 1 aromatic heterocycles. The fourth-order valence-electron chi connectivity index (χ4n) is 1.70. The number of para-hydroxylation sites is 1. The minimum absolute atomic E-state index is 0.188. The van der Waals surface area contributed by atoms with E-state index in [2.05, 4.69) is 4.98 Å². The van der Waals surface area contributed by atoms with Gasteiger partial charge in [0.2, 0.25) is 0 Å². The van der Waals surface area contributed by atoms with Crippen LogP contribution >= 0.6 is 0 Å². The molecule has 0 aliphatic heterocycles. The van der Waals surface area contributed by atoms with Gasteiger partial charge in [-0.1, -0.05) is 24.3 Å². The Bertz CT molecular complexity index is 647. The quantitative estimate of drug-likeness (QED) is 0.931. The number of carboxylic acid groups (broad SMARTS) is 1. The van der Waals surface area contributed by atoms with Gasteiger partial charge in [0, 0.05) is 22.4 Å². The number of nitrogens with zero attached hydrogens (tertiary/aromatic N) is 1. The van der Waals surface area contributed by atoms with Crippen LogP contribution in [0.3, 0.4) is 0 Å². The third kappa shape index (κ3) is 2.66. The molecule has 0 saturated heterocycles. The van der Waals surface area contributed by atoms with E-state index in [1.54, 1.807) is 6.20 Å². The van der Waals surface area contributed by atoms with Crippen molar-refractivity contribution in [2.24, 2.45) is 0 Å². The molecule has 0 saturated carbocycles. The molecule has 1 N–H and O–H groups in total. The molecule has 1 aromatic carbocycles. The van der Waals surface area contributed by atoms with Crippen LogP contribution in [0.15, 0.2) is 36.5 Å². The van der Waals surface area contributed by atoms with Crippen LogP contribution in [0.1, 0.15) is 19.4 Å². The van der Waals surface area contributed by atoms with Gasteiger partial charge in [-0.3, -0.25) is 14.0 Å². The largest absolute Gasteiger partial charge is 0.480 e. The fourth-order valence-corrected chi connectivity index (χ4v) is 2.77. The molecule has 0 amide bonds. The van der Waals surface area contributed by atoms with E-state index in [0.717, 1.165) is 16.5 Å².